The van der Waals surface area contributed by atoms with Gasteiger partial charge in [0.15, 0.2) is 0 Å². The number of nitrogens with two attached hydrogens (primary N) is 1. The lowest BCUT2D eigenvalue weighted by Crippen LogP contribution is -2.19. The summed E-state index contributed by atoms with van der Waals surface area (Å²) in [5.74, 6) is -0.401. The molecule has 0 aliphatic rings. The van der Waals surface area contributed by atoms with E-state index < -0.39 is 5.91 Å². The number of nitrogens with one attached hydrogen (secondary N) is 1. The number of hydrogen-bond acceptors (Lipinski definition) is 4. The van der Waals surface area contributed by atoms with Crippen LogP contribution in [0, 0.1) is 0 Å². The van der Waals surface area contributed by atoms with Gasteiger partial charge >= 0.3 is 0 Å². The fraction of sp³-hybridized carbons (Fsp3) is 0.600. The van der Waals surface area contributed by atoms with Gasteiger partial charge < -0.3 is 15.8 Å². The molecule has 1 heterocycles. The highest BCUT2D eigenvalue weighted by atomic mass is 16.5. The summed E-state index contributed by atoms with van der Waals surface area (Å²) in [4.78, 5) is 10.7. The van der Waals surface area contributed by atoms with Gasteiger partial charge in [0.05, 0.1) is 11.9 Å². The van der Waals surface area contributed by atoms with Crippen molar-refractivity contribution < 1.29 is 9.53 Å². The third kappa shape index (κ3) is 4.31. The van der Waals surface area contributed by atoms with Crippen molar-refractivity contribution in [1.29, 1.82) is 0 Å². The second-order valence-corrected chi connectivity index (χ2v) is 3.72. The third-order valence-corrected chi connectivity index (χ3v) is 2.12. The lowest BCUT2D eigenvalue weighted by atomic mass is 10.2. The predicted molar refractivity (Wildman–Crippen MR) is 61.0 cm³/mol. The van der Waals surface area contributed by atoms with Crippen molar-refractivity contribution in [1.82, 2.24) is 9.78 Å². The summed E-state index contributed by atoms with van der Waals surface area (Å²) in [6.07, 6.45) is 4.35. The average molecular weight is 226 g/mol. The molecule has 6 heteroatoms. The fourth-order valence-corrected chi connectivity index (χ4v) is 1.34. The van der Waals surface area contributed by atoms with Gasteiger partial charge in [-0.25, -0.2) is 0 Å². The summed E-state index contributed by atoms with van der Waals surface area (Å²) in [6.45, 7) is 2.88. The molecule has 0 fully saturated rings. The zero-order valence-corrected chi connectivity index (χ0v) is 9.64. The van der Waals surface area contributed by atoms with Crippen molar-refractivity contribution in [3.63, 3.8) is 0 Å². The first-order valence-electron chi connectivity index (χ1n) is 5.18. The lowest BCUT2D eigenvalue weighted by molar-refractivity contribution is -0.118. The van der Waals surface area contributed by atoms with Crippen LogP contribution in [-0.4, -0.2) is 35.4 Å². The van der Waals surface area contributed by atoms with Crippen LogP contribution in [0.5, 0.6) is 0 Å². The third-order valence-electron chi connectivity index (χ3n) is 2.12. The van der Waals surface area contributed by atoms with E-state index in [-0.39, 0.29) is 6.54 Å². The largest absolute Gasteiger partial charge is 0.385 e. The zero-order chi connectivity index (χ0) is 12.0. The van der Waals surface area contributed by atoms with Crippen LogP contribution in [0.25, 0.3) is 0 Å². The summed E-state index contributed by atoms with van der Waals surface area (Å²) in [6, 6.07) is 0.297. The van der Waals surface area contributed by atoms with Crippen molar-refractivity contribution in [2.24, 2.45) is 5.73 Å². The maximum atomic E-state index is 10.7. The molecule has 6 nitrogen and oxygen atoms in total. The number of ether oxygens (including phenoxy) is 1. The van der Waals surface area contributed by atoms with E-state index in [1.54, 1.807) is 19.5 Å². The first-order valence-corrected chi connectivity index (χ1v) is 5.18. The van der Waals surface area contributed by atoms with Crippen molar-refractivity contribution in [3.05, 3.63) is 12.4 Å². The number of aromatic nitrogens is 2. The molecule has 90 valence electrons. The van der Waals surface area contributed by atoms with E-state index in [2.05, 4.69) is 17.3 Å². The van der Waals surface area contributed by atoms with Gasteiger partial charge in [-0.2, -0.15) is 5.10 Å². The number of methoxy groups -OCH3 is 1. The summed E-state index contributed by atoms with van der Waals surface area (Å²) in [7, 11) is 1.68. The summed E-state index contributed by atoms with van der Waals surface area (Å²) < 4.78 is 6.49. The second kappa shape index (κ2) is 6.12. The smallest absolute Gasteiger partial charge is 0.239 e. The van der Waals surface area contributed by atoms with Crippen LogP contribution < -0.4 is 11.1 Å². The molecule has 0 saturated carbocycles. The van der Waals surface area contributed by atoms with Crippen molar-refractivity contribution in [2.45, 2.75) is 25.9 Å². The van der Waals surface area contributed by atoms with Crippen LogP contribution in [0.15, 0.2) is 12.4 Å². The molecule has 1 aromatic rings. The van der Waals surface area contributed by atoms with E-state index in [1.807, 2.05) is 0 Å². The number of carbonyl (C=O) groups is 1. The summed E-state index contributed by atoms with van der Waals surface area (Å²) in [5.41, 5.74) is 5.94. The Morgan fingerprint density at radius 1 is 1.75 bits per heavy atom. The number of amides is 1. The Hall–Kier alpha value is -1.56. The van der Waals surface area contributed by atoms with Gasteiger partial charge in [-0.15, -0.1) is 0 Å². The Labute approximate surface area is 94.8 Å². The van der Waals surface area contributed by atoms with Gasteiger partial charge in [0.25, 0.3) is 0 Å². The quantitative estimate of drug-likeness (QED) is 0.696. The topological polar surface area (TPSA) is 82.2 Å². The minimum atomic E-state index is -0.401. The molecule has 0 radical (unpaired) electrons. The number of anilines is 1. The Kier molecular flexibility index (Phi) is 4.78. The maximum absolute atomic E-state index is 10.7. The monoisotopic (exact) mass is 226 g/mol. The minimum absolute atomic E-state index is 0.105. The second-order valence-electron chi connectivity index (χ2n) is 3.72. The van der Waals surface area contributed by atoms with Gasteiger partial charge in [-0.05, 0) is 13.3 Å². The standard InChI is InChI=1S/C10H18N4O2/c1-8(3-4-16-2)13-9-5-12-14(6-9)7-10(11)15/h5-6,8,13H,3-4,7H2,1-2H3,(H2,11,15). The van der Waals surface area contributed by atoms with E-state index in [0.717, 1.165) is 12.1 Å². The average Bonchev–Trinajstić information content (AvgIpc) is 2.61. The van der Waals surface area contributed by atoms with Crippen LogP contribution in [0.3, 0.4) is 0 Å². The number of carbonyl (C=O) groups excluding carboxylic acids is 1. The minimum Gasteiger partial charge on any atom is -0.385 e. The van der Waals surface area contributed by atoms with E-state index in [1.165, 1.54) is 4.68 Å². The first-order chi connectivity index (χ1) is 7.61. The molecule has 1 aromatic heterocycles. The van der Waals surface area contributed by atoms with Gasteiger partial charge in [-0.3, -0.25) is 9.48 Å². The Morgan fingerprint density at radius 3 is 3.12 bits per heavy atom. The molecule has 1 unspecified atom stereocenters. The molecular weight excluding hydrogens is 208 g/mol. The van der Waals surface area contributed by atoms with E-state index in [0.29, 0.717) is 12.6 Å². The molecule has 0 aliphatic carbocycles. The highest BCUT2D eigenvalue weighted by molar-refractivity contribution is 5.73. The molecule has 0 saturated heterocycles. The SMILES string of the molecule is COCCC(C)Nc1cnn(CC(N)=O)c1. The van der Waals surface area contributed by atoms with Crippen molar-refractivity contribution in [2.75, 3.05) is 19.0 Å². The van der Waals surface area contributed by atoms with Crippen LogP contribution in [0.1, 0.15) is 13.3 Å². The van der Waals surface area contributed by atoms with Crippen molar-refractivity contribution in [3.8, 4) is 0 Å². The fourth-order valence-electron chi connectivity index (χ4n) is 1.34. The van der Waals surface area contributed by atoms with Gasteiger partial charge in [0, 0.05) is 26.0 Å². The number of rotatable bonds is 7. The zero-order valence-electron chi connectivity index (χ0n) is 9.64. The van der Waals surface area contributed by atoms with Crippen LogP contribution >= 0.6 is 0 Å². The normalized spacial score (nSPS) is 12.4. The summed E-state index contributed by atoms with van der Waals surface area (Å²) >= 11 is 0. The first kappa shape index (κ1) is 12.5. The summed E-state index contributed by atoms with van der Waals surface area (Å²) in [5, 5.41) is 7.27. The van der Waals surface area contributed by atoms with Crippen LogP contribution in [-0.2, 0) is 16.1 Å². The van der Waals surface area contributed by atoms with Crippen molar-refractivity contribution >= 4 is 11.6 Å². The molecule has 1 atom stereocenters. The number of primary amides is 1. The van der Waals surface area contributed by atoms with E-state index in [4.69, 9.17) is 10.5 Å². The maximum Gasteiger partial charge on any atom is 0.239 e. The highest BCUT2D eigenvalue weighted by Crippen LogP contribution is 2.08. The molecule has 1 amide bonds. The van der Waals surface area contributed by atoms with Gasteiger partial charge in [0.2, 0.25) is 5.91 Å². The van der Waals surface area contributed by atoms with Gasteiger partial charge in [-0.1, -0.05) is 0 Å². The molecule has 1 rings (SSSR count). The lowest BCUT2D eigenvalue weighted by Gasteiger charge is -2.12. The molecule has 0 aliphatic heterocycles. The number of nitrogens with zero attached hydrogens (tertiary/aromatic N) is 2. The van der Waals surface area contributed by atoms with E-state index in [9.17, 15) is 4.79 Å². The molecule has 0 spiro atoms. The molecule has 3 N–H and O–H groups in total. The highest BCUT2D eigenvalue weighted by Gasteiger charge is 2.04. The molecule has 0 bridgehead atoms. The Balaban J connectivity index is 2.42. The molecule has 0 aromatic carbocycles. The predicted octanol–water partition coefficient (Wildman–Crippen LogP) is 0.205. The number of hydrogen-bond donors (Lipinski definition) is 2. The Bertz CT molecular complexity index is 337. The Morgan fingerprint density at radius 2 is 2.50 bits per heavy atom. The van der Waals surface area contributed by atoms with Crippen LogP contribution in [0.4, 0.5) is 5.69 Å². The molecular formula is C10H18N4O2. The van der Waals surface area contributed by atoms with E-state index >= 15 is 0 Å². The molecule has 16 heavy (non-hydrogen) atoms. The van der Waals surface area contributed by atoms with Crippen LogP contribution in [0.2, 0.25) is 0 Å². The van der Waals surface area contributed by atoms with Gasteiger partial charge in [0.1, 0.15) is 6.54 Å².